The van der Waals surface area contributed by atoms with E-state index in [2.05, 4.69) is 15.3 Å². The number of halogens is 1. The van der Waals surface area contributed by atoms with Crippen molar-refractivity contribution >= 4 is 11.6 Å². The monoisotopic (exact) mass is 327 g/mol. The molecule has 0 aliphatic heterocycles. The van der Waals surface area contributed by atoms with Gasteiger partial charge in [-0.3, -0.25) is 14.8 Å². The van der Waals surface area contributed by atoms with Crippen molar-refractivity contribution in [1.29, 1.82) is 0 Å². The van der Waals surface area contributed by atoms with Crippen molar-refractivity contribution in [2.75, 3.05) is 6.54 Å². The van der Waals surface area contributed by atoms with Crippen molar-refractivity contribution in [3.63, 3.8) is 0 Å². The lowest BCUT2D eigenvalue weighted by Gasteiger charge is -2.14. The number of aromatic nitrogens is 1. The molecule has 0 spiro atoms. The molecule has 1 aromatic heterocycles. The number of nitrogens with zero attached hydrogens (tertiary/aromatic N) is 2. The maximum absolute atomic E-state index is 13.4. The molecule has 0 saturated carbocycles. The average molecular weight is 327 g/mol. The summed E-state index contributed by atoms with van der Waals surface area (Å²) in [7, 11) is 0. The molecule has 5 heteroatoms. The highest BCUT2D eigenvalue weighted by Gasteiger charge is 2.17. The van der Waals surface area contributed by atoms with Crippen LogP contribution in [0.25, 0.3) is 11.1 Å². The van der Waals surface area contributed by atoms with Gasteiger partial charge in [0, 0.05) is 29.9 Å². The smallest absolute Gasteiger partial charge is 0.270 e. The van der Waals surface area contributed by atoms with Crippen LogP contribution in [0.2, 0.25) is 0 Å². The number of rotatable bonds is 5. The molecule has 1 heterocycles. The highest BCUT2D eigenvalue weighted by molar-refractivity contribution is 6.45. The fourth-order valence-corrected chi connectivity index (χ4v) is 2.39. The van der Waals surface area contributed by atoms with Crippen LogP contribution in [-0.4, -0.2) is 29.2 Å². The predicted octanol–water partition coefficient (Wildman–Crippen LogP) is 3.53. The Morgan fingerprint density at radius 3 is 2.62 bits per heavy atom. The minimum atomic E-state index is -0.394. The van der Waals surface area contributed by atoms with Crippen molar-refractivity contribution < 1.29 is 9.18 Å². The summed E-state index contributed by atoms with van der Waals surface area (Å²) >= 11 is 0. The first kappa shape index (κ1) is 17.8. The summed E-state index contributed by atoms with van der Waals surface area (Å²) in [5.41, 5.74) is 3.54. The third kappa shape index (κ3) is 4.25. The summed E-state index contributed by atoms with van der Waals surface area (Å²) in [5.74, 6) is -0.598. The van der Waals surface area contributed by atoms with Crippen molar-refractivity contribution in [2.24, 2.45) is 4.99 Å². The summed E-state index contributed by atoms with van der Waals surface area (Å²) in [4.78, 5) is 20.7. The van der Waals surface area contributed by atoms with Crippen LogP contribution in [0.1, 0.15) is 31.9 Å². The summed E-state index contributed by atoms with van der Waals surface area (Å²) in [5, 5.41) is 2.88. The zero-order chi connectivity index (χ0) is 17.7. The van der Waals surface area contributed by atoms with E-state index in [1.165, 1.54) is 12.3 Å². The second-order valence-corrected chi connectivity index (χ2v) is 5.87. The Morgan fingerprint density at radius 2 is 2.00 bits per heavy atom. The molecule has 0 fully saturated rings. The van der Waals surface area contributed by atoms with Gasteiger partial charge in [-0.25, -0.2) is 4.39 Å². The second-order valence-electron chi connectivity index (χ2n) is 5.87. The van der Waals surface area contributed by atoms with Crippen molar-refractivity contribution in [1.82, 2.24) is 10.3 Å². The summed E-state index contributed by atoms with van der Waals surface area (Å²) < 4.78 is 13.4. The molecule has 1 amide bonds. The van der Waals surface area contributed by atoms with E-state index in [1.807, 2.05) is 45.9 Å². The molecular weight excluding hydrogens is 305 g/mol. The Labute approximate surface area is 141 Å². The van der Waals surface area contributed by atoms with E-state index in [4.69, 9.17) is 0 Å². The Morgan fingerprint density at radius 1 is 1.25 bits per heavy atom. The molecule has 0 saturated heterocycles. The number of carbonyl (C=O) groups is 1. The molecular formula is C19H22FN3O. The quantitative estimate of drug-likeness (QED) is 0.854. The van der Waals surface area contributed by atoms with Gasteiger partial charge in [0.1, 0.15) is 11.5 Å². The van der Waals surface area contributed by atoms with Gasteiger partial charge in [-0.15, -0.1) is 0 Å². The largest absolute Gasteiger partial charge is 0.349 e. The first-order valence-corrected chi connectivity index (χ1v) is 7.99. The van der Waals surface area contributed by atoms with Gasteiger partial charge < -0.3 is 5.32 Å². The molecule has 0 bridgehead atoms. The van der Waals surface area contributed by atoms with E-state index in [0.717, 1.165) is 16.7 Å². The van der Waals surface area contributed by atoms with Crippen LogP contribution in [0.4, 0.5) is 4.39 Å². The lowest BCUT2D eigenvalue weighted by Crippen LogP contribution is -2.37. The van der Waals surface area contributed by atoms with Crippen LogP contribution in [0.5, 0.6) is 0 Å². The van der Waals surface area contributed by atoms with E-state index >= 15 is 0 Å². The Balaban J connectivity index is 2.50. The van der Waals surface area contributed by atoms with Gasteiger partial charge in [0.25, 0.3) is 5.91 Å². The van der Waals surface area contributed by atoms with Gasteiger partial charge in [0.05, 0.1) is 6.20 Å². The predicted molar refractivity (Wildman–Crippen MR) is 94.7 cm³/mol. The van der Waals surface area contributed by atoms with Gasteiger partial charge in [-0.1, -0.05) is 12.1 Å². The molecule has 2 rings (SSSR count). The Kier molecular flexibility index (Phi) is 5.79. The number of aliphatic imine (C=N–C) groups is 1. The van der Waals surface area contributed by atoms with Crippen LogP contribution < -0.4 is 5.32 Å². The number of aryl methyl sites for hydroxylation is 1. The van der Waals surface area contributed by atoms with Crippen LogP contribution in [0.15, 0.2) is 41.7 Å². The molecule has 0 radical (unpaired) electrons. The molecule has 1 aromatic carbocycles. The number of hydrogen-bond donors (Lipinski definition) is 1. The lowest BCUT2D eigenvalue weighted by atomic mass is 9.97. The van der Waals surface area contributed by atoms with Crippen LogP contribution in [0.3, 0.4) is 0 Å². The van der Waals surface area contributed by atoms with Gasteiger partial charge in [0.2, 0.25) is 0 Å². The maximum Gasteiger partial charge on any atom is 0.270 e. The first-order chi connectivity index (χ1) is 11.4. The molecule has 2 aromatic rings. The molecule has 4 nitrogen and oxygen atoms in total. The molecule has 24 heavy (non-hydrogen) atoms. The molecule has 126 valence electrons. The SMILES string of the molecule is CCN=C(C(=O)NC(C)C)c1cc(-c2cncc(F)c2)ccc1C. The van der Waals surface area contributed by atoms with Crippen molar-refractivity contribution in [2.45, 2.75) is 33.7 Å². The second kappa shape index (κ2) is 7.81. The number of hydrogen-bond acceptors (Lipinski definition) is 3. The zero-order valence-electron chi connectivity index (χ0n) is 14.4. The molecule has 0 atom stereocenters. The third-order valence-corrected chi connectivity index (χ3v) is 3.48. The standard InChI is InChI=1S/C19H22FN3O/c1-5-22-18(19(24)23-12(2)3)17-9-14(7-6-13(17)4)15-8-16(20)11-21-10-15/h6-12H,5H2,1-4H3,(H,23,24). The highest BCUT2D eigenvalue weighted by atomic mass is 19.1. The van der Waals surface area contributed by atoms with E-state index in [-0.39, 0.29) is 11.9 Å². The number of pyridine rings is 1. The van der Waals surface area contributed by atoms with Gasteiger partial charge >= 0.3 is 0 Å². The Hall–Kier alpha value is -2.56. The minimum Gasteiger partial charge on any atom is -0.349 e. The lowest BCUT2D eigenvalue weighted by molar-refractivity contribution is -0.115. The highest BCUT2D eigenvalue weighted by Crippen LogP contribution is 2.23. The zero-order valence-corrected chi connectivity index (χ0v) is 14.4. The fourth-order valence-electron chi connectivity index (χ4n) is 2.39. The van der Waals surface area contributed by atoms with E-state index in [0.29, 0.717) is 17.8 Å². The average Bonchev–Trinajstić information content (AvgIpc) is 2.52. The van der Waals surface area contributed by atoms with Gasteiger partial charge in [0.15, 0.2) is 0 Å². The summed E-state index contributed by atoms with van der Waals surface area (Å²) in [6, 6.07) is 7.10. The van der Waals surface area contributed by atoms with Crippen molar-refractivity contribution in [3.8, 4) is 11.1 Å². The molecule has 0 unspecified atom stereocenters. The number of amides is 1. The van der Waals surface area contributed by atoms with Crippen LogP contribution in [-0.2, 0) is 4.79 Å². The van der Waals surface area contributed by atoms with Crippen molar-refractivity contribution in [3.05, 3.63) is 53.6 Å². The summed E-state index contributed by atoms with van der Waals surface area (Å²) in [6.07, 6.45) is 2.76. The van der Waals surface area contributed by atoms with Crippen LogP contribution in [0, 0.1) is 12.7 Å². The normalized spacial score (nSPS) is 11.7. The molecule has 0 aliphatic carbocycles. The van der Waals surface area contributed by atoms with E-state index in [9.17, 15) is 9.18 Å². The molecule has 1 N–H and O–H groups in total. The van der Waals surface area contributed by atoms with E-state index in [1.54, 1.807) is 6.20 Å². The Bertz CT molecular complexity index is 769. The first-order valence-electron chi connectivity index (χ1n) is 7.99. The fraction of sp³-hybridized carbons (Fsp3) is 0.316. The minimum absolute atomic E-state index is 0.0236. The molecule has 0 aliphatic rings. The number of benzene rings is 1. The van der Waals surface area contributed by atoms with Gasteiger partial charge in [-0.05, 0) is 51.0 Å². The third-order valence-electron chi connectivity index (χ3n) is 3.48. The number of nitrogens with one attached hydrogen (secondary N) is 1. The van der Waals surface area contributed by atoms with Crippen LogP contribution >= 0.6 is 0 Å². The topological polar surface area (TPSA) is 54.4 Å². The summed E-state index contributed by atoms with van der Waals surface area (Å²) in [6.45, 7) is 8.13. The van der Waals surface area contributed by atoms with E-state index < -0.39 is 5.82 Å². The van der Waals surface area contributed by atoms with Gasteiger partial charge in [-0.2, -0.15) is 0 Å². The number of carbonyl (C=O) groups excluding carboxylic acids is 1. The maximum atomic E-state index is 13.4.